The molecule has 1 heterocycles. The van der Waals surface area contributed by atoms with Gasteiger partial charge in [0, 0.05) is 25.4 Å². The van der Waals surface area contributed by atoms with Gasteiger partial charge in [-0.25, -0.2) is 9.97 Å². The number of carbonyl (C=O) groups is 1. The number of anilines is 1. The Morgan fingerprint density at radius 2 is 2.15 bits per heavy atom. The van der Waals surface area contributed by atoms with Crippen LogP contribution >= 0.6 is 11.6 Å². The third-order valence-electron chi connectivity index (χ3n) is 3.00. The summed E-state index contributed by atoms with van der Waals surface area (Å²) in [5.74, 6) is 0.829. The third-order valence-corrected chi connectivity index (χ3v) is 3.31. The Labute approximate surface area is 122 Å². The van der Waals surface area contributed by atoms with Crippen molar-refractivity contribution in [3.63, 3.8) is 0 Å². The molecule has 2 rings (SSSR count). The predicted molar refractivity (Wildman–Crippen MR) is 79.9 cm³/mol. The number of primary amides is 1. The van der Waals surface area contributed by atoms with E-state index in [4.69, 9.17) is 17.3 Å². The number of amides is 1. The van der Waals surface area contributed by atoms with Crippen LogP contribution in [0.2, 0.25) is 5.02 Å². The second-order valence-corrected chi connectivity index (χ2v) is 4.72. The first-order valence-electron chi connectivity index (χ1n) is 6.16. The monoisotopic (exact) mass is 290 g/mol. The highest BCUT2D eigenvalue weighted by atomic mass is 35.5. The fourth-order valence-corrected chi connectivity index (χ4v) is 1.99. The number of halogens is 1. The molecule has 0 bridgehead atoms. The van der Waals surface area contributed by atoms with Gasteiger partial charge in [-0.15, -0.1) is 0 Å². The number of benzene rings is 1. The van der Waals surface area contributed by atoms with E-state index in [-0.39, 0.29) is 5.56 Å². The lowest BCUT2D eigenvalue weighted by atomic mass is 10.1. The number of hydrogen-bond acceptors (Lipinski definition) is 4. The minimum atomic E-state index is -0.554. The van der Waals surface area contributed by atoms with E-state index >= 15 is 0 Å². The summed E-state index contributed by atoms with van der Waals surface area (Å²) in [4.78, 5) is 21.9. The van der Waals surface area contributed by atoms with E-state index in [0.29, 0.717) is 10.8 Å². The van der Waals surface area contributed by atoms with Gasteiger partial charge in [0.15, 0.2) is 5.82 Å². The van der Waals surface area contributed by atoms with E-state index < -0.39 is 5.91 Å². The van der Waals surface area contributed by atoms with Crippen molar-refractivity contribution < 1.29 is 4.79 Å². The van der Waals surface area contributed by atoms with Crippen molar-refractivity contribution in [2.24, 2.45) is 5.73 Å². The summed E-state index contributed by atoms with van der Waals surface area (Å²) < 4.78 is 0. The predicted octanol–water partition coefficient (Wildman–Crippen LogP) is 2.35. The fourth-order valence-electron chi connectivity index (χ4n) is 1.72. The molecule has 0 spiro atoms. The largest absolute Gasteiger partial charge is 0.366 e. The summed E-state index contributed by atoms with van der Waals surface area (Å²) in [7, 11) is 1.95. The van der Waals surface area contributed by atoms with Crippen molar-refractivity contribution in [3.05, 3.63) is 41.0 Å². The standard InChI is InChI=1S/C14H15ClN4O/c1-3-19(2)12-6-7-17-14(18-12)9-4-5-10(13(16)20)11(15)8-9/h4-8H,3H2,1-2H3,(H2,16,20). The summed E-state index contributed by atoms with van der Waals surface area (Å²) in [6, 6.07) is 6.80. The van der Waals surface area contributed by atoms with Crippen molar-refractivity contribution >= 4 is 23.3 Å². The molecule has 104 valence electrons. The van der Waals surface area contributed by atoms with Gasteiger partial charge in [-0.05, 0) is 25.1 Å². The molecule has 0 radical (unpaired) electrons. The molecule has 1 amide bonds. The molecule has 0 saturated carbocycles. The molecule has 0 saturated heterocycles. The van der Waals surface area contributed by atoms with E-state index in [1.165, 1.54) is 0 Å². The van der Waals surface area contributed by atoms with Gasteiger partial charge in [0.2, 0.25) is 5.91 Å². The van der Waals surface area contributed by atoms with Gasteiger partial charge in [0.05, 0.1) is 10.6 Å². The molecule has 1 aromatic carbocycles. The molecule has 6 heteroatoms. The van der Waals surface area contributed by atoms with Crippen LogP contribution in [0.25, 0.3) is 11.4 Å². The third kappa shape index (κ3) is 2.88. The van der Waals surface area contributed by atoms with Gasteiger partial charge in [0.25, 0.3) is 0 Å². The van der Waals surface area contributed by atoms with Crippen LogP contribution in [0.5, 0.6) is 0 Å². The second kappa shape index (κ2) is 5.88. The second-order valence-electron chi connectivity index (χ2n) is 4.31. The summed E-state index contributed by atoms with van der Waals surface area (Å²) in [5.41, 5.74) is 6.26. The maximum Gasteiger partial charge on any atom is 0.250 e. The molecule has 2 N–H and O–H groups in total. The lowest BCUT2D eigenvalue weighted by Gasteiger charge is -2.15. The Kier molecular flexibility index (Phi) is 4.20. The first-order valence-corrected chi connectivity index (χ1v) is 6.54. The molecule has 0 fully saturated rings. The van der Waals surface area contributed by atoms with Crippen LogP contribution in [0.15, 0.2) is 30.5 Å². The minimum absolute atomic E-state index is 0.289. The average molecular weight is 291 g/mol. The Bertz CT molecular complexity index is 645. The van der Waals surface area contributed by atoms with Crippen LogP contribution in [0.4, 0.5) is 5.82 Å². The SMILES string of the molecule is CCN(C)c1ccnc(-c2ccc(C(N)=O)c(Cl)c2)n1. The zero-order valence-electron chi connectivity index (χ0n) is 11.3. The van der Waals surface area contributed by atoms with Crippen LogP contribution in [0, 0.1) is 0 Å². The minimum Gasteiger partial charge on any atom is -0.366 e. The van der Waals surface area contributed by atoms with Gasteiger partial charge in [-0.2, -0.15) is 0 Å². The van der Waals surface area contributed by atoms with Gasteiger partial charge in [-0.1, -0.05) is 17.7 Å². The molecule has 20 heavy (non-hydrogen) atoms. The lowest BCUT2D eigenvalue weighted by Crippen LogP contribution is -2.17. The maximum absolute atomic E-state index is 11.2. The molecular formula is C14H15ClN4O. The number of rotatable bonds is 4. The van der Waals surface area contributed by atoms with Crippen LogP contribution < -0.4 is 10.6 Å². The number of nitrogens with two attached hydrogens (primary N) is 1. The number of carbonyl (C=O) groups excluding carboxylic acids is 1. The molecule has 0 aliphatic rings. The van der Waals surface area contributed by atoms with E-state index in [1.807, 2.05) is 24.9 Å². The van der Waals surface area contributed by atoms with Gasteiger partial charge >= 0.3 is 0 Å². The van der Waals surface area contributed by atoms with E-state index in [1.54, 1.807) is 24.4 Å². The highest BCUT2D eigenvalue weighted by molar-refractivity contribution is 6.34. The van der Waals surface area contributed by atoms with Crippen LogP contribution in [0.1, 0.15) is 17.3 Å². The van der Waals surface area contributed by atoms with Crippen molar-refractivity contribution in [2.75, 3.05) is 18.5 Å². The molecule has 0 aliphatic heterocycles. The molecule has 5 nitrogen and oxygen atoms in total. The van der Waals surface area contributed by atoms with Crippen LogP contribution in [0.3, 0.4) is 0 Å². The zero-order valence-corrected chi connectivity index (χ0v) is 12.1. The molecule has 0 unspecified atom stereocenters. The molecule has 2 aromatic rings. The van der Waals surface area contributed by atoms with Crippen molar-refractivity contribution in [2.45, 2.75) is 6.92 Å². The molecule has 0 atom stereocenters. The first-order chi connectivity index (χ1) is 9.52. The Hall–Kier alpha value is -2.14. The van der Waals surface area contributed by atoms with E-state index in [0.717, 1.165) is 17.9 Å². The van der Waals surface area contributed by atoms with E-state index in [9.17, 15) is 4.79 Å². The van der Waals surface area contributed by atoms with Crippen molar-refractivity contribution in [1.82, 2.24) is 9.97 Å². The Balaban J connectivity index is 2.42. The van der Waals surface area contributed by atoms with Gasteiger partial charge < -0.3 is 10.6 Å². The Morgan fingerprint density at radius 3 is 2.75 bits per heavy atom. The van der Waals surface area contributed by atoms with Crippen LogP contribution in [-0.4, -0.2) is 29.5 Å². The summed E-state index contributed by atoms with van der Waals surface area (Å²) in [6.45, 7) is 2.89. The first kappa shape index (κ1) is 14.3. The topological polar surface area (TPSA) is 72.1 Å². The smallest absolute Gasteiger partial charge is 0.250 e. The normalized spacial score (nSPS) is 10.3. The van der Waals surface area contributed by atoms with E-state index in [2.05, 4.69) is 9.97 Å². The quantitative estimate of drug-likeness (QED) is 0.938. The number of aromatic nitrogens is 2. The van der Waals surface area contributed by atoms with Crippen LogP contribution in [-0.2, 0) is 0 Å². The molecule has 0 aliphatic carbocycles. The van der Waals surface area contributed by atoms with Gasteiger partial charge in [-0.3, -0.25) is 4.79 Å². The summed E-state index contributed by atoms with van der Waals surface area (Å²) in [5, 5.41) is 0.299. The number of nitrogens with zero attached hydrogens (tertiary/aromatic N) is 3. The molecule has 1 aromatic heterocycles. The fraction of sp³-hybridized carbons (Fsp3) is 0.214. The average Bonchev–Trinajstić information content (AvgIpc) is 2.46. The molecular weight excluding hydrogens is 276 g/mol. The van der Waals surface area contributed by atoms with Gasteiger partial charge in [0.1, 0.15) is 5.82 Å². The maximum atomic E-state index is 11.2. The number of hydrogen-bond donors (Lipinski definition) is 1. The van der Waals surface area contributed by atoms with Crippen molar-refractivity contribution in [3.8, 4) is 11.4 Å². The summed E-state index contributed by atoms with van der Waals surface area (Å²) >= 11 is 6.04. The Morgan fingerprint density at radius 1 is 1.40 bits per heavy atom. The lowest BCUT2D eigenvalue weighted by molar-refractivity contribution is 0.100. The highest BCUT2D eigenvalue weighted by Gasteiger charge is 2.10. The van der Waals surface area contributed by atoms with Crippen molar-refractivity contribution in [1.29, 1.82) is 0 Å². The summed E-state index contributed by atoms with van der Waals surface area (Å²) in [6.07, 6.45) is 1.69. The zero-order chi connectivity index (χ0) is 14.7. The highest BCUT2D eigenvalue weighted by Crippen LogP contribution is 2.24.